The lowest BCUT2D eigenvalue weighted by molar-refractivity contribution is -0.136. The Kier molecular flexibility index (Phi) is 5.62. The Bertz CT molecular complexity index is 742. The summed E-state index contributed by atoms with van der Waals surface area (Å²) in [7, 11) is 1.27. The molecular formula is C17H15FN2O4. The quantitative estimate of drug-likeness (QED) is 0.662. The van der Waals surface area contributed by atoms with Crippen molar-refractivity contribution in [2.45, 2.75) is 6.54 Å². The van der Waals surface area contributed by atoms with Crippen LogP contribution in [-0.2, 0) is 20.9 Å². The fourth-order valence-corrected chi connectivity index (χ4v) is 1.86. The van der Waals surface area contributed by atoms with Gasteiger partial charge in [0.2, 0.25) is 0 Å². The van der Waals surface area contributed by atoms with Gasteiger partial charge in [-0.05, 0) is 42.0 Å². The van der Waals surface area contributed by atoms with Gasteiger partial charge < -0.3 is 15.4 Å². The van der Waals surface area contributed by atoms with Crippen molar-refractivity contribution in [1.29, 1.82) is 0 Å². The zero-order valence-electron chi connectivity index (χ0n) is 12.8. The molecule has 0 heterocycles. The molecule has 0 saturated carbocycles. The summed E-state index contributed by atoms with van der Waals surface area (Å²) in [6, 6.07) is 11.5. The number of hydrogen-bond donors (Lipinski definition) is 2. The summed E-state index contributed by atoms with van der Waals surface area (Å²) in [6.45, 7) is 0.105. The van der Waals surface area contributed by atoms with Crippen LogP contribution in [0.3, 0.4) is 0 Å². The van der Waals surface area contributed by atoms with Crippen LogP contribution in [0.5, 0.6) is 0 Å². The summed E-state index contributed by atoms with van der Waals surface area (Å²) < 4.78 is 17.3. The van der Waals surface area contributed by atoms with Gasteiger partial charge in [-0.25, -0.2) is 9.18 Å². The number of ether oxygens (including phenoxy) is 1. The van der Waals surface area contributed by atoms with Crippen molar-refractivity contribution >= 4 is 23.5 Å². The standard InChI is InChI=1S/C17H15FN2O4/c1-24-17(23)12-4-8-14(9-5-12)20-16(22)15(21)19-10-11-2-6-13(18)7-3-11/h2-9H,10H2,1H3,(H,19,21)(H,20,22). The summed E-state index contributed by atoms with van der Waals surface area (Å²) in [5.74, 6) is -2.54. The molecule has 0 aliphatic heterocycles. The lowest BCUT2D eigenvalue weighted by Crippen LogP contribution is -2.34. The first kappa shape index (κ1) is 17.1. The maximum atomic E-state index is 12.8. The fraction of sp³-hybridized carbons (Fsp3) is 0.118. The van der Waals surface area contributed by atoms with Crippen LogP contribution in [-0.4, -0.2) is 24.9 Å². The zero-order chi connectivity index (χ0) is 17.5. The summed E-state index contributed by atoms with van der Waals surface area (Å²) in [4.78, 5) is 34.8. The molecule has 124 valence electrons. The largest absolute Gasteiger partial charge is 0.465 e. The third kappa shape index (κ3) is 4.64. The molecule has 0 aliphatic rings. The Morgan fingerprint density at radius 3 is 2.17 bits per heavy atom. The Balaban J connectivity index is 1.88. The number of nitrogens with one attached hydrogen (secondary N) is 2. The molecule has 2 amide bonds. The molecule has 0 aliphatic carbocycles. The van der Waals surface area contributed by atoms with Crippen molar-refractivity contribution in [3.05, 3.63) is 65.5 Å². The lowest BCUT2D eigenvalue weighted by Gasteiger charge is -2.07. The number of benzene rings is 2. The van der Waals surface area contributed by atoms with Gasteiger partial charge in [-0.3, -0.25) is 9.59 Å². The summed E-state index contributed by atoms with van der Waals surface area (Å²) in [5, 5.41) is 4.84. The Labute approximate surface area is 137 Å². The number of hydrogen-bond acceptors (Lipinski definition) is 4. The minimum Gasteiger partial charge on any atom is -0.465 e. The average Bonchev–Trinajstić information content (AvgIpc) is 2.60. The highest BCUT2D eigenvalue weighted by molar-refractivity contribution is 6.39. The van der Waals surface area contributed by atoms with Crippen molar-refractivity contribution in [3.8, 4) is 0 Å². The SMILES string of the molecule is COC(=O)c1ccc(NC(=O)C(=O)NCc2ccc(F)cc2)cc1. The van der Waals surface area contributed by atoms with Crippen LogP contribution in [0.4, 0.5) is 10.1 Å². The van der Waals surface area contributed by atoms with E-state index in [2.05, 4.69) is 15.4 Å². The first-order valence-corrected chi connectivity index (χ1v) is 7.01. The van der Waals surface area contributed by atoms with Crippen LogP contribution in [0.2, 0.25) is 0 Å². The minimum absolute atomic E-state index is 0.105. The van der Waals surface area contributed by atoms with E-state index in [-0.39, 0.29) is 12.4 Å². The summed E-state index contributed by atoms with van der Waals surface area (Å²) >= 11 is 0. The van der Waals surface area contributed by atoms with E-state index in [1.807, 2.05) is 0 Å². The number of carbonyl (C=O) groups excluding carboxylic acids is 3. The number of rotatable bonds is 4. The molecule has 0 unspecified atom stereocenters. The number of methoxy groups -OCH3 is 1. The highest BCUT2D eigenvalue weighted by atomic mass is 19.1. The molecular weight excluding hydrogens is 315 g/mol. The first-order chi connectivity index (χ1) is 11.5. The van der Waals surface area contributed by atoms with E-state index in [9.17, 15) is 18.8 Å². The van der Waals surface area contributed by atoms with E-state index in [0.29, 0.717) is 16.8 Å². The van der Waals surface area contributed by atoms with E-state index in [4.69, 9.17) is 0 Å². The smallest absolute Gasteiger partial charge is 0.337 e. The molecule has 0 bridgehead atoms. The number of esters is 1. The molecule has 0 atom stereocenters. The van der Waals surface area contributed by atoms with Gasteiger partial charge in [0.05, 0.1) is 12.7 Å². The van der Waals surface area contributed by atoms with Crippen LogP contribution in [0, 0.1) is 5.82 Å². The van der Waals surface area contributed by atoms with Crippen LogP contribution >= 0.6 is 0 Å². The van der Waals surface area contributed by atoms with E-state index < -0.39 is 17.8 Å². The summed E-state index contributed by atoms with van der Waals surface area (Å²) in [5.41, 5.74) is 1.36. The minimum atomic E-state index is -0.845. The van der Waals surface area contributed by atoms with E-state index in [1.54, 1.807) is 0 Å². The summed E-state index contributed by atoms with van der Waals surface area (Å²) in [6.07, 6.45) is 0. The third-order valence-corrected chi connectivity index (χ3v) is 3.14. The number of halogens is 1. The van der Waals surface area contributed by atoms with Crippen LogP contribution in [0.25, 0.3) is 0 Å². The van der Waals surface area contributed by atoms with Crippen LogP contribution < -0.4 is 10.6 Å². The van der Waals surface area contributed by atoms with Gasteiger partial charge >= 0.3 is 17.8 Å². The van der Waals surface area contributed by atoms with Gasteiger partial charge in [0.1, 0.15) is 5.82 Å². The number of anilines is 1. The second kappa shape index (κ2) is 7.87. The zero-order valence-corrected chi connectivity index (χ0v) is 12.8. The molecule has 2 rings (SSSR count). The highest BCUT2D eigenvalue weighted by Gasteiger charge is 2.14. The average molecular weight is 330 g/mol. The molecule has 2 N–H and O–H groups in total. The molecule has 2 aromatic carbocycles. The lowest BCUT2D eigenvalue weighted by atomic mass is 10.2. The maximum absolute atomic E-state index is 12.8. The molecule has 0 fully saturated rings. The van der Waals surface area contributed by atoms with Crippen molar-refractivity contribution in [2.75, 3.05) is 12.4 Å². The highest BCUT2D eigenvalue weighted by Crippen LogP contribution is 2.10. The topological polar surface area (TPSA) is 84.5 Å². The van der Waals surface area contributed by atoms with Crippen LogP contribution in [0.1, 0.15) is 15.9 Å². The second-order valence-electron chi connectivity index (χ2n) is 4.83. The normalized spacial score (nSPS) is 9.92. The van der Waals surface area contributed by atoms with E-state index in [1.165, 1.54) is 55.6 Å². The van der Waals surface area contributed by atoms with Crippen LogP contribution in [0.15, 0.2) is 48.5 Å². The number of amides is 2. The Morgan fingerprint density at radius 2 is 1.58 bits per heavy atom. The van der Waals surface area contributed by atoms with Crippen molar-refractivity contribution < 1.29 is 23.5 Å². The molecule has 0 radical (unpaired) electrons. The predicted molar refractivity (Wildman–Crippen MR) is 84.7 cm³/mol. The Morgan fingerprint density at radius 1 is 0.958 bits per heavy atom. The molecule has 24 heavy (non-hydrogen) atoms. The molecule has 0 aromatic heterocycles. The monoisotopic (exact) mass is 330 g/mol. The van der Waals surface area contributed by atoms with Gasteiger partial charge in [-0.2, -0.15) is 0 Å². The molecule has 0 spiro atoms. The first-order valence-electron chi connectivity index (χ1n) is 7.01. The second-order valence-corrected chi connectivity index (χ2v) is 4.83. The Hall–Kier alpha value is -3.22. The predicted octanol–water partition coefficient (Wildman–Crippen LogP) is 1.87. The number of carbonyl (C=O) groups is 3. The molecule has 0 saturated heterocycles. The van der Waals surface area contributed by atoms with Crippen molar-refractivity contribution in [3.63, 3.8) is 0 Å². The molecule has 2 aromatic rings. The van der Waals surface area contributed by atoms with Gasteiger partial charge in [-0.15, -0.1) is 0 Å². The van der Waals surface area contributed by atoms with Crippen molar-refractivity contribution in [1.82, 2.24) is 5.32 Å². The van der Waals surface area contributed by atoms with Gasteiger partial charge in [0, 0.05) is 12.2 Å². The fourth-order valence-electron chi connectivity index (χ4n) is 1.86. The molecule has 7 heteroatoms. The van der Waals surface area contributed by atoms with Crippen molar-refractivity contribution in [2.24, 2.45) is 0 Å². The third-order valence-electron chi connectivity index (χ3n) is 3.14. The van der Waals surface area contributed by atoms with Gasteiger partial charge in [0.25, 0.3) is 0 Å². The van der Waals surface area contributed by atoms with Gasteiger partial charge in [-0.1, -0.05) is 12.1 Å². The maximum Gasteiger partial charge on any atom is 0.337 e. The van der Waals surface area contributed by atoms with E-state index >= 15 is 0 Å². The molecule has 6 nitrogen and oxygen atoms in total. The van der Waals surface area contributed by atoms with Gasteiger partial charge in [0.15, 0.2) is 0 Å². The van der Waals surface area contributed by atoms with E-state index in [0.717, 1.165) is 0 Å².